The van der Waals surface area contributed by atoms with Gasteiger partial charge in [-0.1, -0.05) is 0 Å². The van der Waals surface area contributed by atoms with E-state index >= 15 is 0 Å². The quantitative estimate of drug-likeness (QED) is 0.666. The minimum Gasteiger partial charge on any atom is -0.490 e. The van der Waals surface area contributed by atoms with Gasteiger partial charge in [0.05, 0.1) is 12.0 Å². The summed E-state index contributed by atoms with van der Waals surface area (Å²) in [5, 5.41) is 4.35. The molecule has 2 aromatic rings. The Morgan fingerprint density at radius 3 is 3.31 bits per heavy atom. The van der Waals surface area contributed by atoms with E-state index in [9.17, 15) is 0 Å². The van der Waals surface area contributed by atoms with Crippen molar-refractivity contribution in [1.82, 2.24) is 0 Å². The second kappa shape index (κ2) is 2.42. The van der Waals surface area contributed by atoms with Gasteiger partial charge in [0.2, 0.25) is 0 Å². The molecule has 2 heterocycles. The second-order valence-electron chi connectivity index (χ2n) is 3.08. The lowest BCUT2D eigenvalue weighted by Crippen LogP contribution is -2.17. The Morgan fingerprint density at radius 2 is 2.31 bits per heavy atom. The van der Waals surface area contributed by atoms with Crippen LogP contribution in [0.4, 0.5) is 5.69 Å². The van der Waals surface area contributed by atoms with Crippen LogP contribution < -0.4 is 10.1 Å². The highest BCUT2D eigenvalue weighted by Gasteiger charge is 2.11. The fraction of sp³-hybridized carbons (Fsp3) is 0.200. The number of hydrogen-bond acceptors (Lipinski definition) is 3. The number of nitrogens with one attached hydrogen (secondary N) is 1. The zero-order valence-corrected chi connectivity index (χ0v) is 7.04. The summed E-state index contributed by atoms with van der Waals surface area (Å²) >= 11 is 0. The average molecular weight is 175 g/mol. The lowest BCUT2D eigenvalue weighted by atomic mass is 10.2. The average Bonchev–Trinajstić information content (AvgIpc) is 2.61. The third-order valence-electron chi connectivity index (χ3n) is 2.23. The minimum absolute atomic E-state index is 0.732. The largest absolute Gasteiger partial charge is 0.490 e. The van der Waals surface area contributed by atoms with Crippen LogP contribution in [0, 0.1) is 0 Å². The van der Waals surface area contributed by atoms with Crippen molar-refractivity contribution in [3.8, 4) is 5.75 Å². The number of hydrogen-bond donors (Lipinski definition) is 1. The zero-order chi connectivity index (χ0) is 8.67. The van der Waals surface area contributed by atoms with Crippen molar-refractivity contribution < 1.29 is 9.15 Å². The number of furan rings is 1. The van der Waals surface area contributed by atoms with Crippen molar-refractivity contribution in [2.45, 2.75) is 0 Å². The van der Waals surface area contributed by atoms with Crippen LogP contribution in [-0.4, -0.2) is 13.2 Å². The molecule has 1 N–H and O–H groups in total. The molecule has 0 amide bonds. The fourth-order valence-corrected chi connectivity index (χ4v) is 1.59. The molecule has 1 aliphatic rings. The number of rotatable bonds is 0. The van der Waals surface area contributed by atoms with Crippen LogP contribution in [0.1, 0.15) is 0 Å². The molecule has 0 radical (unpaired) electrons. The smallest absolute Gasteiger partial charge is 0.143 e. The molecule has 3 rings (SSSR count). The van der Waals surface area contributed by atoms with Crippen molar-refractivity contribution in [1.29, 1.82) is 0 Å². The van der Waals surface area contributed by atoms with Crippen molar-refractivity contribution in [3.05, 3.63) is 24.5 Å². The van der Waals surface area contributed by atoms with Gasteiger partial charge in [-0.3, -0.25) is 0 Å². The number of anilines is 1. The van der Waals surface area contributed by atoms with E-state index in [1.807, 2.05) is 18.2 Å². The van der Waals surface area contributed by atoms with Crippen LogP contribution >= 0.6 is 0 Å². The molecular weight excluding hydrogens is 166 g/mol. The summed E-state index contributed by atoms with van der Waals surface area (Å²) in [5.74, 6) is 0.917. The van der Waals surface area contributed by atoms with Gasteiger partial charge in [-0.05, 0) is 12.1 Å². The molecule has 3 nitrogen and oxygen atoms in total. The second-order valence-corrected chi connectivity index (χ2v) is 3.08. The van der Waals surface area contributed by atoms with Crippen LogP contribution in [0.2, 0.25) is 0 Å². The maximum atomic E-state index is 5.50. The fourth-order valence-electron chi connectivity index (χ4n) is 1.59. The molecule has 0 saturated heterocycles. The zero-order valence-electron chi connectivity index (χ0n) is 7.04. The van der Waals surface area contributed by atoms with Crippen molar-refractivity contribution in [2.75, 3.05) is 18.5 Å². The van der Waals surface area contributed by atoms with E-state index in [0.29, 0.717) is 0 Å². The first-order valence-electron chi connectivity index (χ1n) is 4.31. The van der Waals surface area contributed by atoms with Crippen molar-refractivity contribution in [3.63, 3.8) is 0 Å². The molecule has 13 heavy (non-hydrogen) atoms. The molecular formula is C10H9NO2. The lowest BCUT2D eigenvalue weighted by molar-refractivity contribution is 0.323. The Morgan fingerprint density at radius 1 is 1.31 bits per heavy atom. The maximum absolute atomic E-state index is 5.50. The predicted molar refractivity (Wildman–Crippen MR) is 50.2 cm³/mol. The molecule has 3 heteroatoms. The van der Waals surface area contributed by atoms with Gasteiger partial charge in [-0.15, -0.1) is 0 Å². The van der Waals surface area contributed by atoms with Crippen LogP contribution in [0.5, 0.6) is 5.75 Å². The molecule has 66 valence electrons. The highest BCUT2D eigenvalue weighted by molar-refractivity contribution is 5.84. The predicted octanol–water partition coefficient (Wildman–Crippen LogP) is 2.24. The third kappa shape index (κ3) is 0.967. The minimum atomic E-state index is 0.732. The van der Waals surface area contributed by atoms with Crippen LogP contribution in [-0.2, 0) is 0 Å². The third-order valence-corrected chi connectivity index (χ3v) is 2.23. The molecule has 0 unspecified atom stereocenters. The number of ether oxygens (including phenoxy) is 1. The molecule has 1 aromatic carbocycles. The summed E-state index contributed by atoms with van der Waals surface area (Å²) in [5.41, 5.74) is 1.92. The summed E-state index contributed by atoms with van der Waals surface area (Å²) in [4.78, 5) is 0. The highest BCUT2D eigenvalue weighted by atomic mass is 16.5. The molecule has 0 atom stereocenters. The van der Waals surface area contributed by atoms with Crippen LogP contribution in [0.15, 0.2) is 28.9 Å². The molecule has 0 fully saturated rings. The van der Waals surface area contributed by atoms with E-state index in [2.05, 4.69) is 5.32 Å². The number of benzene rings is 1. The first-order valence-corrected chi connectivity index (χ1v) is 4.31. The Hall–Kier alpha value is -1.64. The first kappa shape index (κ1) is 6.83. The van der Waals surface area contributed by atoms with Gasteiger partial charge in [-0.25, -0.2) is 0 Å². The number of fused-ring (bicyclic) bond motifs is 2. The first-order chi connectivity index (χ1) is 6.43. The van der Waals surface area contributed by atoms with E-state index < -0.39 is 0 Å². The van der Waals surface area contributed by atoms with E-state index in [1.165, 1.54) is 0 Å². The van der Waals surface area contributed by atoms with Gasteiger partial charge in [0, 0.05) is 18.0 Å². The molecule has 0 bridgehead atoms. The molecule has 0 aliphatic carbocycles. The van der Waals surface area contributed by atoms with Gasteiger partial charge in [0.15, 0.2) is 0 Å². The van der Waals surface area contributed by atoms with Crippen molar-refractivity contribution >= 4 is 16.7 Å². The van der Waals surface area contributed by atoms with Crippen LogP contribution in [0.3, 0.4) is 0 Å². The topological polar surface area (TPSA) is 34.4 Å². The Labute approximate surface area is 75.3 Å². The van der Waals surface area contributed by atoms with Gasteiger partial charge in [0.25, 0.3) is 0 Å². The normalized spacial score (nSPS) is 14.8. The SMILES string of the molecule is c1cc2cc3c(cc2o1)NCCO3. The summed E-state index contributed by atoms with van der Waals surface area (Å²) in [6.07, 6.45) is 1.69. The summed E-state index contributed by atoms with van der Waals surface area (Å²) < 4.78 is 10.8. The van der Waals surface area contributed by atoms with Crippen LogP contribution in [0.25, 0.3) is 11.0 Å². The molecule has 1 aliphatic heterocycles. The molecule has 0 saturated carbocycles. The summed E-state index contributed by atoms with van der Waals surface area (Å²) in [6.45, 7) is 1.59. The Kier molecular flexibility index (Phi) is 1.27. The Balaban J connectivity index is 2.28. The lowest BCUT2D eigenvalue weighted by Gasteiger charge is -2.18. The van der Waals surface area contributed by atoms with E-state index in [-0.39, 0.29) is 0 Å². The van der Waals surface area contributed by atoms with E-state index in [4.69, 9.17) is 9.15 Å². The van der Waals surface area contributed by atoms with Crippen molar-refractivity contribution in [2.24, 2.45) is 0 Å². The molecule has 0 spiro atoms. The monoisotopic (exact) mass is 175 g/mol. The van der Waals surface area contributed by atoms with Gasteiger partial charge >= 0.3 is 0 Å². The molecule has 1 aromatic heterocycles. The summed E-state index contributed by atoms with van der Waals surface area (Å²) in [7, 11) is 0. The Bertz CT molecular complexity index is 407. The maximum Gasteiger partial charge on any atom is 0.143 e. The highest BCUT2D eigenvalue weighted by Crippen LogP contribution is 2.32. The summed E-state index contributed by atoms with van der Waals surface area (Å²) in [6, 6.07) is 5.91. The van der Waals surface area contributed by atoms with Gasteiger partial charge in [-0.2, -0.15) is 0 Å². The van der Waals surface area contributed by atoms with E-state index in [1.54, 1.807) is 6.26 Å². The van der Waals surface area contributed by atoms with Gasteiger partial charge in [0.1, 0.15) is 17.9 Å². The van der Waals surface area contributed by atoms with E-state index in [0.717, 1.165) is 35.6 Å². The standard InChI is InChI=1S/C10H9NO2/c1-3-12-9-6-8-10(5-7(1)9)13-4-2-11-8/h1,3,5-6,11H,2,4H2. The van der Waals surface area contributed by atoms with Gasteiger partial charge < -0.3 is 14.5 Å².